The van der Waals surface area contributed by atoms with Crippen molar-refractivity contribution in [2.45, 2.75) is 38.6 Å². The number of halogens is 1. The summed E-state index contributed by atoms with van der Waals surface area (Å²) >= 11 is 5.60. The van der Waals surface area contributed by atoms with Gasteiger partial charge in [0.25, 0.3) is 0 Å². The molecular formula is C11H17BrN2S. The molecule has 0 spiro atoms. The largest absolute Gasteiger partial charge is 0.320 e. The molecule has 0 radical (unpaired) electrons. The van der Waals surface area contributed by atoms with Gasteiger partial charge in [0.2, 0.25) is 0 Å². The van der Waals surface area contributed by atoms with Crippen LogP contribution in [0.3, 0.4) is 0 Å². The molecule has 0 amide bonds. The number of nitrogens with zero attached hydrogens (tertiary/aromatic N) is 2. The number of rotatable bonds is 2. The molecule has 1 saturated heterocycles. The molecule has 0 aliphatic carbocycles. The molecule has 1 aromatic rings. The summed E-state index contributed by atoms with van der Waals surface area (Å²) in [5.41, 5.74) is 1.41. The molecule has 0 aromatic carbocycles. The highest BCUT2D eigenvalue weighted by Crippen LogP contribution is 2.34. The fourth-order valence-electron chi connectivity index (χ4n) is 2.16. The van der Waals surface area contributed by atoms with Gasteiger partial charge in [0.15, 0.2) is 4.73 Å². The van der Waals surface area contributed by atoms with Gasteiger partial charge >= 0.3 is 0 Å². The third kappa shape index (κ3) is 2.41. The van der Waals surface area contributed by atoms with Crippen molar-refractivity contribution in [3.8, 4) is 0 Å². The maximum absolute atomic E-state index is 4.39. The zero-order chi connectivity index (χ0) is 10.8. The first-order valence-corrected chi connectivity index (χ1v) is 7.45. The summed E-state index contributed by atoms with van der Waals surface area (Å²) in [4.78, 5) is 4.39. The van der Waals surface area contributed by atoms with E-state index in [-0.39, 0.29) is 0 Å². The summed E-state index contributed by atoms with van der Waals surface area (Å²) in [6, 6.07) is 0.492. The molecule has 4 heteroatoms. The Morgan fingerprint density at radius 1 is 1.47 bits per heavy atom. The summed E-state index contributed by atoms with van der Waals surface area (Å²) in [7, 11) is 0. The molecule has 0 N–H and O–H groups in total. The van der Waals surface area contributed by atoms with Gasteiger partial charge in [-0.15, -0.1) is 0 Å². The Kier molecular flexibility index (Phi) is 3.78. The van der Waals surface area contributed by atoms with E-state index in [4.69, 9.17) is 0 Å². The molecule has 84 valence electrons. The number of hydrogen-bond donors (Lipinski definition) is 0. The predicted molar refractivity (Wildman–Crippen MR) is 69.6 cm³/mol. The van der Waals surface area contributed by atoms with Crippen molar-refractivity contribution in [2.24, 2.45) is 0 Å². The highest BCUT2D eigenvalue weighted by Gasteiger charge is 2.21. The first kappa shape index (κ1) is 11.5. The second kappa shape index (κ2) is 4.91. The van der Waals surface area contributed by atoms with E-state index in [1.54, 1.807) is 0 Å². The fraction of sp³-hybridized carbons (Fsp3) is 0.727. The molecule has 1 fully saturated rings. The summed E-state index contributed by atoms with van der Waals surface area (Å²) in [5.74, 6) is 3.31. The summed E-state index contributed by atoms with van der Waals surface area (Å²) in [6.07, 6.45) is 4.65. The van der Waals surface area contributed by atoms with Crippen LogP contribution in [0.4, 0.5) is 0 Å². The highest BCUT2D eigenvalue weighted by atomic mass is 79.9. The van der Waals surface area contributed by atoms with E-state index in [9.17, 15) is 0 Å². The first-order valence-electron chi connectivity index (χ1n) is 5.50. The number of hydrogen-bond acceptors (Lipinski definition) is 2. The van der Waals surface area contributed by atoms with Crippen molar-refractivity contribution in [1.29, 1.82) is 0 Å². The molecular weight excluding hydrogens is 272 g/mol. The van der Waals surface area contributed by atoms with Gasteiger partial charge in [-0.1, -0.05) is 0 Å². The van der Waals surface area contributed by atoms with Crippen molar-refractivity contribution in [3.05, 3.63) is 16.6 Å². The lowest BCUT2D eigenvalue weighted by Crippen LogP contribution is -2.14. The van der Waals surface area contributed by atoms with Crippen LogP contribution in [0.15, 0.2) is 10.9 Å². The van der Waals surface area contributed by atoms with Crippen molar-refractivity contribution < 1.29 is 0 Å². The summed E-state index contributed by atoms with van der Waals surface area (Å²) < 4.78 is 3.30. The van der Waals surface area contributed by atoms with E-state index in [1.807, 2.05) is 6.20 Å². The molecule has 1 aromatic heterocycles. The lowest BCUT2D eigenvalue weighted by atomic mass is 9.99. The van der Waals surface area contributed by atoms with Crippen LogP contribution in [0.1, 0.15) is 44.3 Å². The normalized spacial score (nSPS) is 18.7. The zero-order valence-corrected chi connectivity index (χ0v) is 11.6. The molecule has 15 heavy (non-hydrogen) atoms. The Labute approximate surface area is 104 Å². The standard InChI is InChI=1S/C11H17BrN2S/c1-8(2)14-10(7-13-11(14)12)9-3-5-15-6-4-9/h7-9H,3-6H2,1-2H3. The van der Waals surface area contributed by atoms with Gasteiger partial charge in [-0.2, -0.15) is 11.8 Å². The molecule has 2 heterocycles. The van der Waals surface area contributed by atoms with Gasteiger partial charge < -0.3 is 4.57 Å². The minimum atomic E-state index is 0.492. The molecule has 1 aliphatic rings. The lowest BCUT2D eigenvalue weighted by molar-refractivity contribution is 0.511. The van der Waals surface area contributed by atoms with Crippen LogP contribution in [0.25, 0.3) is 0 Å². The van der Waals surface area contributed by atoms with Gasteiger partial charge in [0, 0.05) is 23.9 Å². The van der Waals surface area contributed by atoms with Gasteiger partial charge in [-0.25, -0.2) is 4.98 Å². The molecule has 2 nitrogen and oxygen atoms in total. The Balaban J connectivity index is 2.26. The van der Waals surface area contributed by atoms with E-state index in [0.29, 0.717) is 12.0 Å². The molecule has 0 saturated carbocycles. The molecule has 1 aliphatic heterocycles. The second-order valence-electron chi connectivity index (χ2n) is 4.30. The third-order valence-electron chi connectivity index (χ3n) is 2.94. The van der Waals surface area contributed by atoms with Crippen LogP contribution < -0.4 is 0 Å². The van der Waals surface area contributed by atoms with Crippen LogP contribution in [0.5, 0.6) is 0 Å². The van der Waals surface area contributed by atoms with Gasteiger partial charge in [-0.3, -0.25) is 0 Å². The molecule has 0 bridgehead atoms. The zero-order valence-electron chi connectivity index (χ0n) is 9.24. The Morgan fingerprint density at radius 2 is 2.13 bits per heavy atom. The van der Waals surface area contributed by atoms with E-state index < -0.39 is 0 Å². The Hall–Kier alpha value is 0.0400. The van der Waals surface area contributed by atoms with Crippen molar-refractivity contribution >= 4 is 27.7 Å². The number of thioether (sulfide) groups is 1. The van der Waals surface area contributed by atoms with Crippen LogP contribution in [-0.4, -0.2) is 21.1 Å². The smallest absolute Gasteiger partial charge is 0.177 e. The summed E-state index contributed by atoms with van der Waals surface area (Å²) in [6.45, 7) is 4.43. The Morgan fingerprint density at radius 3 is 2.73 bits per heavy atom. The van der Waals surface area contributed by atoms with Crippen molar-refractivity contribution in [3.63, 3.8) is 0 Å². The monoisotopic (exact) mass is 288 g/mol. The molecule has 0 unspecified atom stereocenters. The average molecular weight is 289 g/mol. The predicted octanol–water partition coefficient (Wildman–Crippen LogP) is 3.84. The van der Waals surface area contributed by atoms with Gasteiger partial charge in [0.1, 0.15) is 0 Å². The van der Waals surface area contributed by atoms with E-state index in [1.165, 1.54) is 30.0 Å². The topological polar surface area (TPSA) is 17.8 Å². The van der Waals surface area contributed by atoms with Crippen LogP contribution >= 0.6 is 27.7 Å². The maximum atomic E-state index is 4.39. The third-order valence-corrected chi connectivity index (χ3v) is 4.57. The maximum Gasteiger partial charge on any atom is 0.177 e. The SMILES string of the molecule is CC(C)n1c(C2CCSCC2)cnc1Br. The summed E-state index contributed by atoms with van der Waals surface area (Å²) in [5, 5.41) is 0. The molecule has 0 atom stereocenters. The van der Waals surface area contributed by atoms with Crippen molar-refractivity contribution in [1.82, 2.24) is 9.55 Å². The lowest BCUT2D eigenvalue weighted by Gasteiger charge is -2.24. The fourth-order valence-corrected chi connectivity index (χ4v) is 3.98. The number of imidazole rings is 1. The Bertz CT molecular complexity index is 329. The van der Waals surface area contributed by atoms with Crippen molar-refractivity contribution in [2.75, 3.05) is 11.5 Å². The van der Waals surface area contributed by atoms with Gasteiger partial charge in [-0.05, 0) is 54.1 Å². The van der Waals surface area contributed by atoms with E-state index >= 15 is 0 Å². The number of aromatic nitrogens is 2. The van der Waals surface area contributed by atoms with E-state index in [0.717, 1.165) is 4.73 Å². The second-order valence-corrected chi connectivity index (χ2v) is 6.24. The van der Waals surface area contributed by atoms with Crippen LogP contribution in [0.2, 0.25) is 0 Å². The van der Waals surface area contributed by atoms with Crippen LogP contribution in [0, 0.1) is 0 Å². The minimum absolute atomic E-state index is 0.492. The molecule has 2 rings (SSSR count). The van der Waals surface area contributed by atoms with Crippen LogP contribution in [-0.2, 0) is 0 Å². The highest BCUT2D eigenvalue weighted by molar-refractivity contribution is 9.10. The minimum Gasteiger partial charge on any atom is -0.320 e. The van der Waals surface area contributed by atoms with Gasteiger partial charge in [0.05, 0.1) is 0 Å². The first-order chi connectivity index (χ1) is 7.20. The van der Waals surface area contributed by atoms with E-state index in [2.05, 4.69) is 51.1 Å². The quantitative estimate of drug-likeness (QED) is 0.823. The average Bonchev–Trinajstić information content (AvgIpc) is 2.61.